The molecule has 0 bridgehead atoms. The molecular formula is C54H50BN. The fraction of sp³-hybridized carbons (Fsp3) is 0.259. The Kier molecular flexibility index (Phi) is 7.33. The Balaban J connectivity index is 1.28. The second kappa shape index (κ2) is 12.1. The molecule has 1 saturated carbocycles. The molecule has 1 fully saturated rings. The van der Waals surface area contributed by atoms with E-state index in [0.717, 1.165) is 0 Å². The minimum Gasteiger partial charge on any atom is -0.376 e. The van der Waals surface area contributed by atoms with Gasteiger partial charge in [-0.25, -0.2) is 0 Å². The van der Waals surface area contributed by atoms with E-state index in [0.29, 0.717) is 5.92 Å². The second-order valence-corrected chi connectivity index (χ2v) is 18.9. The monoisotopic (exact) mass is 723 g/mol. The van der Waals surface area contributed by atoms with Crippen LogP contribution < -0.4 is 15.7 Å². The van der Waals surface area contributed by atoms with Crippen LogP contribution in [-0.2, 0) is 10.8 Å². The van der Waals surface area contributed by atoms with Crippen LogP contribution in [0.25, 0.3) is 44.2 Å². The van der Waals surface area contributed by atoms with Gasteiger partial charge in [0.2, 0.25) is 0 Å². The van der Waals surface area contributed by atoms with Crippen LogP contribution in [0.15, 0.2) is 146 Å². The number of benzene rings is 7. The predicted molar refractivity (Wildman–Crippen MR) is 239 cm³/mol. The molecule has 3 unspecified atom stereocenters. The first-order valence-electron chi connectivity index (χ1n) is 21.0. The highest BCUT2D eigenvalue weighted by Gasteiger charge is 2.57. The third kappa shape index (κ3) is 4.81. The minimum absolute atomic E-state index is 0.0155. The third-order valence-corrected chi connectivity index (χ3v) is 14.9. The van der Waals surface area contributed by atoms with E-state index in [9.17, 15) is 0 Å². The summed E-state index contributed by atoms with van der Waals surface area (Å²) in [5.41, 5.74) is 20.1. The van der Waals surface area contributed by atoms with Crippen molar-refractivity contribution < 1.29 is 0 Å². The van der Waals surface area contributed by atoms with Crippen LogP contribution in [0.4, 0.5) is 11.4 Å². The van der Waals surface area contributed by atoms with Crippen molar-refractivity contribution in [3.05, 3.63) is 168 Å². The highest BCUT2D eigenvalue weighted by molar-refractivity contribution is 6.92. The van der Waals surface area contributed by atoms with E-state index >= 15 is 0 Å². The lowest BCUT2D eigenvalue weighted by Gasteiger charge is -2.59. The summed E-state index contributed by atoms with van der Waals surface area (Å²) in [6.07, 6.45) is 6.41. The van der Waals surface area contributed by atoms with Gasteiger partial charge in [0, 0.05) is 28.2 Å². The van der Waals surface area contributed by atoms with Gasteiger partial charge in [0.15, 0.2) is 0 Å². The van der Waals surface area contributed by atoms with Gasteiger partial charge in [0.25, 0.3) is 0 Å². The lowest BCUT2D eigenvalue weighted by molar-refractivity contribution is 0.0602. The van der Waals surface area contributed by atoms with Gasteiger partial charge in [-0.2, -0.15) is 0 Å². The van der Waals surface area contributed by atoms with Crippen molar-refractivity contribution in [2.45, 2.75) is 83.5 Å². The molecule has 2 aliphatic heterocycles. The number of fused-ring (bicyclic) bond motifs is 8. The van der Waals surface area contributed by atoms with Gasteiger partial charge in [-0.3, -0.25) is 0 Å². The SMILES string of the molecule is CC(C)(C)c1cc2c3c(c1)C1(C)CCCCC1(C)CC3c1cc(-c3ccccc3)cc3c1B2N(c1ccc(-c2ccccc2)cc1)c1c-3ccc2ccccc12. The van der Waals surface area contributed by atoms with E-state index in [4.69, 9.17) is 0 Å². The van der Waals surface area contributed by atoms with Crippen molar-refractivity contribution in [1.29, 1.82) is 0 Å². The summed E-state index contributed by atoms with van der Waals surface area (Å²) >= 11 is 0. The molecule has 7 aromatic rings. The average Bonchev–Trinajstić information content (AvgIpc) is 3.22. The average molecular weight is 724 g/mol. The van der Waals surface area contributed by atoms with E-state index in [2.05, 4.69) is 185 Å². The molecule has 2 aliphatic carbocycles. The second-order valence-electron chi connectivity index (χ2n) is 18.9. The maximum atomic E-state index is 2.76. The molecule has 2 heteroatoms. The first kappa shape index (κ1) is 34.0. The molecule has 0 radical (unpaired) electrons. The van der Waals surface area contributed by atoms with Crippen molar-refractivity contribution in [3.8, 4) is 33.4 Å². The Morgan fingerprint density at radius 1 is 0.625 bits per heavy atom. The number of hydrogen-bond acceptors (Lipinski definition) is 1. The quantitative estimate of drug-likeness (QED) is 0.164. The van der Waals surface area contributed by atoms with Gasteiger partial charge in [0.05, 0.1) is 0 Å². The number of nitrogens with zero attached hydrogens (tertiary/aromatic N) is 1. The van der Waals surface area contributed by atoms with Crippen molar-refractivity contribution in [2.24, 2.45) is 5.41 Å². The molecule has 2 heterocycles. The smallest absolute Gasteiger partial charge is 0.329 e. The van der Waals surface area contributed by atoms with Gasteiger partial charge in [-0.1, -0.05) is 175 Å². The predicted octanol–water partition coefficient (Wildman–Crippen LogP) is 13.1. The maximum absolute atomic E-state index is 2.76. The van der Waals surface area contributed by atoms with Gasteiger partial charge >= 0.3 is 6.85 Å². The molecule has 0 saturated heterocycles. The summed E-state index contributed by atoms with van der Waals surface area (Å²) in [5, 5.41) is 2.59. The Morgan fingerprint density at radius 3 is 2.02 bits per heavy atom. The third-order valence-electron chi connectivity index (χ3n) is 14.9. The molecule has 56 heavy (non-hydrogen) atoms. The largest absolute Gasteiger partial charge is 0.376 e. The van der Waals surface area contributed by atoms with Gasteiger partial charge in [-0.15, -0.1) is 0 Å². The molecule has 7 aromatic carbocycles. The number of hydrogen-bond donors (Lipinski definition) is 0. The van der Waals surface area contributed by atoms with E-state index in [1.807, 2.05) is 0 Å². The van der Waals surface area contributed by atoms with Crippen LogP contribution in [0.1, 0.15) is 94.9 Å². The maximum Gasteiger partial charge on any atom is 0.329 e. The molecule has 0 amide bonds. The summed E-state index contributed by atoms with van der Waals surface area (Å²) in [6, 6.07) is 55.8. The standard InChI is InChI=1S/C54H50BN/c1-52(2,3)40-32-47-49-46(34-53(4)28-14-15-29-54(47,53)5)45-31-39(36-18-10-7-11-19-36)30-44-43-27-24-38-20-12-13-21-42(38)51(43)56(55(50(44)45)48(49)33-40)41-25-22-37(23-26-41)35-16-8-6-9-17-35/h6-13,16-27,30-33,46H,14-15,28-29,34H2,1-5H3. The van der Waals surface area contributed by atoms with Gasteiger partial charge in [0.1, 0.15) is 0 Å². The van der Waals surface area contributed by atoms with Crippen LogP contribution in [0.5, 0.6) is 0 Å². The lowest BCUT2D eigenvalue weighted by atomic mass is 9.36. The van der Waals surface area contributed by atoms with Crippen molar-refractivity contribution in [1.82, 2.24) is 0 Å². The summed E-state index contributed by atoms with van der Waals surface area (Å²) in [4.78, 5) is 2.76. The normalized spacial score (nSPS) is 21.9. The van der Waals surface area contributed by atoms with Crippen molar-refractivity contribution in [3.63, 3.8) is 0 Å². The number of rotatable bonds is 3. The van der Waals surface area contributed by atoms with Crippen LogP contribution in [0.3, 0.4) is 0 Å². The first-order chi connectivity index (χ1) is 27.1. The van der Waals surface area contributed by atoms with Crippen LogP contribution in [0.2, 0.25) is 0 Å². The molecule has 1 nitrogen and oxygen atoms in total. The number of anilines is 2. The molecule has 0 aromatic heterocycles. The summed E-state index contributed by atoms with van der Waals surface area (Å²) < 4.78 is 0. The molecular weight excluding hydrogens is 673 g/mol. The van der Waals surface area contributed by atoms with Crippen LogP contribution in [-0.4, -0.2) is 6.85 Å². The summed E-state index contributed by atoms with van der Waals surface area (Å²) in [5.74, 6) is 0.350. The molecule has 11 rings (SSSR count). The fourth-order valence-electron chi connectivity index (χ4n) is 11.7. The molecule has 0 spiro atoms. The summed E-state index contributed by atoms with van der Waals surface area (Å²) in [6.45, 7) is 12.6. The molecule has 0 N–H and O–H groups in total. The van der Waals surface area contributed by atoms with E-state index in [-0.39, 0.29) is 23.1 Å². The molecule has 274 valence electrons. The van der Waals surface area contributed by atoms with Crippen LogP contribution >= 0.6 is 0 Å². The highest BCUT2D eigenvalue weighted by Crippen LogP contribution is 2.63. The Bertz CT molecular complexity index is 2690. The zero-order valence-electron chi connectivity index (χ0n) is 33.5. The van der Waals surface area contributed by atoms with E-state index < -0.39 is 0 Å². The van der Waals surface area contributed by atoms with Gasteiger partial charge in [-0.05, 0) is 120 Å². The van der Waals surface area contributed by atoms with Gasteiger partial charge < -0.3 is 4.81 Å². The summed E-state index contributed by atoms with van der Waals surface area (Å²) in [7, 11) is 0. The fourth-order valence-corrected chi connectivity index (χ4v) is 11.7. The zero-order chi connectivity index (χ0) is 38.0. The molecule has 3 atom stereocenters. The Labute approximate surface area is 333 Å². The van der Waals surface area contributed by atoms with E-state index in [1.54, 1.807) is 16.7 Å². The van der Waals surface area contributed by atoms with Crippen molar-refractivity contribution >= 4 is 39.9 Å². The van der Waals surface area contributed by atoms with Crippen LogP contribution in [0, 0.1) is 5.41 Å². The zero-order valence-corrected chi connectivity index (χ0v) is 33.5. The highest BCUT2D eigenvalue weighted by atomic mass is 15.1. The Morgan fingerprint density at radius 2 is 1.29 bits per heavy atom. The molecule has 4 aliphatic rings. The van der Waals surface area contributed by atoms with E-state index in [1.165, 1.54) is 104 Å². The first-order valence-corrected chi connectivity index (χ1v) is 21.0. The Hall–Kier alpha value is -5.34. The minimum atomic E-state index is 0.0155. The lowest BCUT2D eigenvalue weighted by Crippen LogP contribution is -2.64. The topological polar surface area (TPSA) is 3.24 Å². The van der Waals surface area contributed by atoms with Crippen molar-refractivity contribution in [2.75, 3.05) is 4.81 Å².